The van der Waals surface area contributed by atoms with Crippen molar-refractivity contribution in [2.24, 2.45) is 0 Å². The van der Waals surface area contributed by atoms with Crippen LogP contribution >= 0.6 is 24.0 Å². The molecule has 1 amide bonds. The summed E-state index contributed by atoms with van der Waals surface area (Å²) in [7, 11) is 1.68. The molecule has 3 rings (SSSR count). The van der Waals surface area contributed by atoms with Crippen molar-refractivity contribution in [1.82, 2.24) is 10.2 Å². The van der Waals surface area contributed by atoms with Gasteiger partial charge in [0.05, 0.1) is 25.2 Å². The zero-order valence-electron chi connectivity index (χ0n) is 13.5. The summed E-state index contributed by atoms with van der Waals surface area (Å²) in [5.41, 5.74) is 2.11. The Hall–Kier alpha value is -1.41. The average Bonchev–Trinajstić information content (AvgIpc) is 2.91. The van der Waals surface area contributed by atoms with E-state index in [9.17, 15) is 4.79 Å². The van der Waals surface area contributed by atoms with Crippen molar-refractivity contribution in [2.75, 3.05) is 40.0 Å². The largest absolute Gasteiger partial charge is 0.496 e. The van der Waals surface area contributed by atoms with Gasteiger partial charge in [-0.25, -0.2) is 0 Å². The highest BCUT2D eigenvalue weighted by molar-refractivity contribution is 8.26. The first-order chi connectivity index (χ1) is 11.7. The fraction of sp³-hybridized carbons (Fsp3) is 0.412. The standard InChI is InChI=1S/C17H20N2O3S2/c1-21-14-10-12(11-15-16(20)18-17(23)24-15)2-3-13(14)4-5-19-6-8-22-9-7-19/h2-3,10-11H,4-9H2,1H3,(H,18,20,23). The molecule has 2 aliphatic rings. The van der Waals surface area contributed by atoms with E-state index in [0.717, 1.165) is 50.6 Å². The maximum Gasteiger partial charge on any atom is 0.263 e. The normalized spacial score (nSPS) is 20.5. The number of nitrogens with one attached hydrogen (secondary N) is 1. The van der Waals surface area contributed by atoms with Gasteiger partial charge >= 0.3 is 0 Å². The molecule has 2 aliphatic heterocycles. The van der Waals surface area contributed by atoms with Gasteiger partial charge in [0.2, 0.25) is 0 Å². The van der Waals surface area contributed by atoms with Crippen molar-refractivity contribution in [3.8, 4) is 5.75 Å². The second-order valence-corrected chi connectivity index (χ2v) is 7.35. The summed E-state index contributed by atoms with van der Waals surface area (Å²) in [6.07, 6.45) is 2.77. The Balaban J connectivity index is 1.69. The fourth-order valence-electron chi connectivity index (χ4n) is 2.73. The van der Waals surface area contributed by atoms with Gasteiger partial charge in [-0.1, -0.05) is 36.1 Å². The minimum atomic E-state index is -0.139. The number of nitrogens with zero attached hydrogens (tertiary/aromatic N) is 1. The molecule has 24 heavy (non-hydrogen) atoms. The Morgan fingerprint density at radius 3 is 2.88 bits per heavy atom. The maximum atomic E-state index is 11.8. The molecule has 0 bridgehead atoms. The highest BCUT2D eigenvalue weighted by Crippen LogP contribution is 2.28. The van der Waals surface area contributed by atoms with Gasteiger partial charge in [-0.05, 0) is 29.7 Å². The molecular weight excluding hydrogens is 344 g/mol. The van der Waals surface area contributed by atoms with Gasteiger partial charge in [0.1, 0.15) is 10.1 Å². The SMILES string of the molecule is COc1cc(C=C2SC(=S)NC2=O)ccc1CCN1CCOCC1. The highest BCUT2D eigenvalue weighted by atomic mass is 32.2. The lowest BCUT2D eigenvalue weighted by atomic mass is 10.1. The first-order valence-electron chi connectivity index (χ1n) is 7.87. The lowest BCUT2D eigenvalue weighted by Gasteiger charge is -2.26. The van der Waals surface area contributed by atoms with Gasteiger partial charge in [0, 0.05) is 19.6 Å². The Kier molecular flexibility index (Phi) is 5.89. The number of carbonyl (C=O) groups excluding carboxylic acids is 1. The number of ether oxygens (including phenoxy) is 2. The minimum absolute atomic E-state index is 0.139. The third-order valence-corrected chi connectivity index (χ3v) is 5.21. The van der Waals surface area contributed by atoms with Crippen LogP contribution in [0.4, 0.5) is 0 Å². The number of carbonyl (C=O) groups is 1. The van der Waals surface area contributed by atoms with E-state index in [-0.39, 0.29) is 5.91 Å². The lowest BCUT2D eigenvalue weighted by Crippen LogP contribution is -2.37. The van der Waals surface area contributed by atoms with E-state index in [1.807, 2.05) is 18.2 Å². The first kappa shape index (κ1) is 17.4. The predicted molar refractivity (Wildman–Crippen MR) is 100 cm³/mol. The summed E-state index contributed by atoms with van der Waals surface area (Å²) < 4.78 is 11.4. The number of thioether (sulfide) groups is 1. The molecule has 0 aromatic heterocycles. The third kappa shape index (κ3) is 4.36. The topological polar surface area (TPSA) is 50.8 Å². The molecule has 0 spiro atoms. The molecule has 0 saturated carbocycles. The number of benzene rings is 1. The summed E-state index contributed by atoms with van der Waals surface area (Å²) in [6.45, 7) is 4.58. The Labute approximate surface area is 151 Å². The fourth-order valence-corrected chi connectivity index (χ4v) is 3.78. The highest BCUT2D eigenvalue weighted by Gasteiger charge is 2.22. The Morgan fingerprint density at radius 2 is 2.21 bits per heavy atom. The van der Waals surface area contributed by atoms with Crippen molar-refractivity contribution in [1.29, 1.82) is 0 Å². The van der Waals surface area contributed by atoms with Crippen LogP contribution in [0.5, 0.6) is 5.75 Å². The van der Waals surface area contributed by atoms with Gasteiger partial charge in [-0.15, -0.1) is 0 Å². The molecule has 5 nitrogen and oxygen atoms in total. The monoisotopic (exact) mass is 364 g/mol. The summed E-state index contributed by atoms with van der Waals surface area (Å²) in [4.78, 5) is 14.8. The van der Waals surface area contributed by atoms with E-state index in [4.69, 9.17) is 21.7 Å². The lowest BCUT2D eigenvalue weighted by molar-refractivity contribution is -0.115. The van der Waals surface area contributed by atoms with Crippen LogP contribution in [0, 0.1) is 0 Å². The van der Waals surface area contributed by atoms with Crippen LogP contribution in [0.25, 0.3) is 6.08 Å². The number of thiocarbonyl (C=S) groups is 1. The molecule has 1 aromatic rings. The van der Waals surface area contributed by atoms with E-state index < -0.39 is 0 Å². The number of rotatable bonds is 5. The minimum Gasteiger partial charge on any atom is -0.496 e. The smallest absolute Gasteiger partial charge is 0.263 e. The number of hydrogen-bond acceptors (Lipinski definition) is 6. The summed E-state index contributed by atoms with van der Waals surface area (Å²) in [6, 6.07) is 6.05. The van der Waals surface area contributed by atoms with Crippen LogP contribution in [0.2, 0.25) is 0 Å². The molecule has 1 N–H and O–H groups in total. The van der Waals surface area contributed by atoms with Gasteiger partial charge in [0.25, 0.3) is 5.91 Å². The van der Waals surface area contributed by atoms with Crippen LogP contribution in [-0.4, -0.2) is 55.1 Å². The van der Waals surface area contributed by atoms with Crippen LogP contribution in [0.1, 0.15) is 11.1 Å². The zero-order valence-corrected chi connectivity index (χ0v) is 15.2. The van der Waals surface area contributed by atoms with Gasteiger partial charge in [0.15, 0.2) is 0 Å². The molecule has 1 aromatic carbocycles. The molecular formula is C17H20N2O3S2. The molecule has 0 unspecified atom stereocenters. The third-order valence-electron chi connectivity index (χ3n) is 4.05. The van der Waals surface area contributed by atoms with Crippen LogP contribution in [-0.2, 0) is 16.0 Å². The van der Waals surface area contributed by atoms with Crippen molar-refractivity contribution < 1.29 is 14.3 Å². The van der Waals surface area contributed by atoms with Crippen LogP contribution in [0.3, 0.4) is 0 Å². The molecule has 0 radical (unpaired) electrons. The number of amides is 1. The molecule has 2 fully saturated rings. The molecule has 2 heterocycles. The van der Waals surface area contributed by atoms with Crippen LogP contribution in [0.15, 0.2) is 23.1 Å². The van der Waals surface area contributed by atoms with Crippen molar-refractivity contribution in [3.63, 3.8) is 0 Å². The average molecular weight is 364 g/mol. The van der Waals surface area contributed by atoms with Crippen molar-refractivity contribution >= 4 is 40.3 Å². The van der Waals surface area contributed by atoms with E-state index >= 15 is 0 Å². The van der Waals surface area contributed by atoms with E-state index in [2.05, 4.69) is 16.3 Å². The Bertz CT molecular complexity index is 670. The quantitative estimate of drug-likeness (QED) is 0.638. The number of hydrogen-bond donors (Lipinski definition) is 1. The van der Waals surface area contributed by atoms with Gasteiger partial charge in [-0.2, -0.15) is 0 Å². The predicted octanol–water partition coefficient (Wildman–Crippen LogP) is 2.06. The van der Waals surface area contributed by atoms with E-state index in [0.29, 0.717) is 9.23 Å². The Morgan fingerprint density at radius 1 is 1.42 bits per heavy atom. The van der Waals surface area contributed by atoms with Gasteiger partial charge in [-0.3, -0.25) is 9.69 Å². The summed E-state index contributed by atoms with van der Waals surface area (Å²) in [5, 5.41) is 2.62. The van der Waals surface area contributed by atoms with Crippen molar-refractivity contribution in [3.05, 3.63) is 34.2 Å². The second kappa shape index (κ2) is 8.11. The molecule has 0 atom stereocenters. The van der Waals surface area contributed by atoms with Gasteiger partial charge < -0.3 is 14.8 Å². The maximum absolute atomic E-state index is 11.8. The molecule has 128 valence electrons. The zero-order chi connectivity index (χ0) is 16.9. The summed E-state index contributed by atoms with van der Waals surface area (Å²) >= 11 is 6.30. The van der Waals surface area contributed by atoms with Crippen molar-refractivity contribution in [2.45, 2.75) is 6.42 Å². The molecule has 2 saturated heterocycles. The number of morpholine rings is 1. The number of methoxy groups -OCH3 is 1. The first-order valence-corrected chi connectivity index (χ1v) is 9.10. The molecule has 7 heteroatoms. The van der Waals surface area contributed by atoms with E-state index in [1.165, 1.54) is 17.3 Å². The summed E-state index contributed by atoms with van der Waals surface area (Å²) in [5.74, 6) is 0.712. The molecule has 0 aliphatic carbocycles. The second-order valence-electron chi connectivity index (χ2n) is 5.63. The van der Waals surface area contributed by atoms with E-state index in [1.54, 1.807) is 7.11 Å². The van der Waals surface area contributed by atoms with Crippen LogP contribution < -0.4 is 10.1 Å².